The van der Waals surface area contributed by atoms with Crippen LogP contribution in [0.1, 0.15) is 39.5 Å². The molecule has 0 aliphatic heterocycles. The highest BCUT2D eigenvalue weighted by molar-refractivity contribution is 7.79. The largest absolute Gasteiger partial charge is 0.759 e. The first kappa shape index (κ1) is 16.3. The molecule has 0 aliphatic carbocycles. The SMILES string of the molecule is CCCC[NH2+]CCCC.O=S(=O)([O-])[O-]. The molecule has 0 atom stereocenters. The molecule has 0 aromatic rings. The van der Waals surface area contributed by atoms with E-state index in [0.29, 0.717) is 0 Å². The van der Waals surface area contributed by atoms with Crippen molar-refractivity contribution in [1.29, 1.82) is 0 Å². The van der Waals surface area contributed by atoms with Crippen LogP contribution in [0, 0.1) is 0 Å². The Bertz CT molecular complexity index is 178. The molecule has 14 heavy (non-hydrogen) atoms. The molecule has 0 aliphatic rings. The zero-order valence-corrected chi connectivity index (χ0v) is 9.68. The van der Waals surface area contributed by atoms with Crippen LogP contribution in [-0.2, 0) is 10.4 Å². The second-order valence-corrected chi connectivity index (χ2v) is 3.80. The summed E-state index contributed by atoms with van der Waals surface area (Å²) in [6.07, 6.45) is 5.43. The summed E-state index contributed by atoms with van der Waals surface area (Å²) in [6.45, 7) is 7.15. The second-order valence-electron chi connectivity index (χ2n) is 2.98. The summed E-state index contributed by atoms with van der Waals surface area (Å²) in [5.41, 5.74) is 0. The van der Waals surface area contributed by atoms with Gasteiger partial charge in [-0.1, -0.05) is 26.7 Å². The van der Waals surface area contributed by atoms with Crippen molar-refractivity contribution in [3.8, 4) is 0 Å². The molecule has 0 aromatic carbocycles. The zero-order valence-electron chi connectivity index (χ0n) is 8.86. The maximum atomic E-state index is 8.52. The fourth-order valence-corrected chi connectivity index (χ4v) is 0.841. The first-order valence-corrected chi connectivity index (χ1v) is 6.23. The van der Waals surface area contributed by atoms with E-state index in [4.69, 9.17) is 17.5 Å². The van der Waals surface area contributed by atoms with Crippen LogP contribution in [0.5, 0.6) is 0 Å². The fraction of sp³-hybridized carbons (Fsp3) is 1.00. The van der Waals surface area contributed by atoms with E-state index < -0.39 is 10.4 Å². The Morgan fingerprint density at radius 2 is 1.29 bits per heavy atom. The van der Waals surface area contributed by atoms with Gasteiger partial charge in [0.1, 0.15) is 0 Å². The predicted molar refractivity (Wildman–Crippen MR) is 52.0 cm³/mol. The Morgan fingerprint density at radius 3 is 1.50 bits per heavy atom. The van der Waals surface area contributed by atoms with Gasteiger partial charge in [0, 0.05) is 10.4 Å². The highest BCUT2D eigenvalue weighted by Crippen LogP contribution is 1.80. The van der Waals surface area contributed by atoms with E-state index in [1.165, 1.54) is 38.8 Å². The Balaban J connectivity index is 0. The number of rotatable bonds is 6. The number of hydrogen-bond acceptors (Lipinski definition) is 4. The molecule has 0 radical (unpaired) electrons. The van der Waals surface area contributed by atoms with Crippen LogP contribution in [0.15, 0.2) is 0 Å². The van der Waals surface area contributed by atoms with Gasteiger partial charge in [0.2, 0.25) is 0 Å². The van der Waals surface area contributed by atoms with Crippen molar-refractivity contribution in [1.82, 2.24) is 0 Å². The van der Waals surface area contributed by atoms with Gasteiger partial charge in [-0.15, -0.1) is 0 Å². The van der Waals surface area contributed by atoms with E-state index in [0.717, 1.165) is 0 Å². The lowest BCUT2D eigenvalue weighted by molar-refractivity contribution is -0.655. The minimum atomic E-state index is -5.17. The van der Waals surface area contributed by atoms with Crippen molar-refractivity contribution in [2.24, 2.45) is 0 Å². The van der Waals surface area contributed by atoms with Gasteiger partial charge in [-0.25, -0.2) is 0 Å². The average Bonchev–Trinajstić information content (AvgIpc) is 2.01. The monoisotopic (exact) mass is 226 g/mol. The van der Waals surface area contributed by atoms with E-state index in [9.17, 15) is 0 Å². The van der Waals surface area contributed by atoms with Crippen molar-refractivity contribution in [3.63, 3.8) is 0 Å². The van der Waals surface area contributed by atoms with Crippen LogP contribution in [0.2, 0.25) is 0 Å². The second kappa shape index (κ2) is 10.9. The molecular formula is C8H20NO4S-. The first-order valence-electron chi connectivity index (χ1n) is 4.90. The molecule has 6 heteroatoms. The van der Waals surface area contributed by atoms with Crippen LogP contribution in [0.25, 0.3) is 0 Å². The van der Waals surface area contributed by atoms with Crippen molar-refractivity contribution < 1.29 is 22.8 Å². The number of hydrogen-bond donors (Lipinski definition) is 1. The van der Waals surface area contributed by atoms with Crippen LogP contribution < -0.4 is 5.32 Å². The topological polar surface area (TPSA) is 96.9 Å². The lowest BCUT2D eigenvalue weighted by Crippen LogP contribution is -2.84. The third-order valence-corrected chi connectivity index (χ3v) is 1.52. The Morgan fingerprint density at radius 1 is 1.00 bits per heavy atom. The molecule has 0 fully saturated rings. The number of quaternary nitrogens is 1. The minimum absolute atomic E-state index is 1.33. The standard InChI is InChI=1S/C8H19N.H2O4S/c1-3-5-7-9-8-6-4-2;1-5(2,3)4/h9H,3-8H2,1-2H3;(H2,1,2,3,4)/p-1. The van der Waals surface area contributed by atoms with Crippen molar-refractivity contribution in [2.75, 3.05) is 13.1 Å². The molecule has 0 rings (SSSR count). The molecule has 0 saturated heterocycles. The van der Waals surface area contributed by atoms with E-state index in [2.05, 4.69) is 19.2 Å². The number of unbranched alkanes of at least 4 members (excludes halogenated alkanes) is 2. The molecule has 0 saturated carbocycles. The van der Waals surface area contributed by atoms with Crippen molar-refractivity contribution in [3.05, 3.63) is 0 Å². The normalized spacial score (nSPS) is 10.6. The molecule has 0 amide bonds. The molecule has 88 valence electrons. The van der Waals surface area contributed by atoms with E-state index in [-0.39, 0.29) is 0 Å². The molecule has 0 aromatic heterocycles. The fourth-order valence-electron chi connectivity index (χ4n) is 0.841. The summed E-state index contributed by atoms with van der Waals surface area (Å²) in [5.74, 6) is 0. The van der Waals surface area contributed by atoms with Crippen LogP contribution in [-0.4, -0.2) is 30.6 Å². The molecule has 5 nitrogen and oxygen atoms in total. The van der Waals surface area contributed by atoms with Gasteiger partial charge in [-0.2, -0.15) is 0 Å². The van der Waals surface area contributed by atoms with Crippen molar-refractivity contribution in [2.45, 2.75) is 39.5 Å². The Labute approximate surface area is 86.5 Å². The third-order valence-electron chi connectivity index (χ3n) is 1.52. The van der Waals surface area contributed by atoms with Gasteiger partial charge in [-0.3, -0.25) is 8.42 Å². The van der Waals surface area contributed by atoms with Gasteiger partial charge in [0.25, 0.3) is 0 Å². The summed E-state index contributed by atoms with van der Waals surface area (Å²) in [7, 11) is -5.17. The Kier molecular flexibility index (Phi) is 12.7. The van der Waals surface area contributed by atoms with E-state index >= 15 is 0 Å². The molecule has 0 bridgehead atoms. The maximum Gasteiger partial charge on any atom is 0.0755 e. The molecule has 2 N–H and O–H groups in total. The lowest BCUT2D eigenvalue weighted by Gasteiger charge is -2.06. The van der Waals surface area contributed by atoms with Gasteiger partial charge >= 0.3 is 0 Å². The van der Waals surface area contributed by atoms with Gasteiger partial charge in [0.05, 0.1) is 13.1 Å². The lowest BCUT2D eigenvalue weighted by atomic mass is 10.3. The first-order chi connectivity index (χ1) is 6.41. The van der Waals surface area contributed by atoms with Gasteiger partial charge in [-0.05, 0) is 12.8 Å². The summed E-state index contributed by atoms with van der Waals surface area (Å²) in [4.78, 5) is 0. The van der Waals surface area contributed by atoms with Gasteiger partial charge in [0.15, 0.2) is 0 Å². The summed E-state index contributed by atoms with van der Waals surface area (Å²) >= 11 is 0. The average molecular weight is 226 g/mol. The van der Waals surface area contributed by atoms with E-state index in [1.54, 1.807) is 0 Å². The van der Waals surface area contributed by atoms with Gasteiger partial charge < -0.3 is 14.4 Å². The quantitative estimate of drug-likeness (QED) is 0.385. The smallest absolute Gasteiger partial charge is 0.0755 e. The zero-order chi connectivity index (χ0) is 11.4. The molecular weight excluding hydrogens is 206 g/mol. The maximum absolute atomic E-state index is 8.52. The summed E-state index contributed by atoms with van der Waals surface area (Å²) in [5, 5.41) is 2.42. The number of nitrogens with two attached hydrogens (primary N) is 1. The highest BCUT2D eigenvalue weighted by Gasteiger charge is 1.86. The van der Waals surface area contributed by atoms with Crippen molar-refractivity contribution >= 4 is 10.4 Å². The van der Waals surface area contributed by atoms with Crippen LogP contribution >= 0.6 is 0 Å². The van der Waals surface area contributed by atoms with Crippen LogP contribution in [0.3, 0.4) is 0 Å². The Hall–Kier alpha value is -0.170. The summed E-state index contributed by atoms with van der Waals surface area (Å²) in [6, 6.07) is 0. The molecule has 0 spiro atoms. The highest BCUT2D eigenvalue weighted by atomic mass is 32.3. The van der Waals surface area contributed by atoms with E-state index in [1.807, 2.05) is 0 Å². The third kappa shape index (κ3) is 40.8. The van der Waals surface area contributed by atoms with Crippen LogP contribution in [0.4, 0.5) is 0 Å². The molecule has 0 unspecified atom stereocenters. The molecule has 0 heterocycles. The summed E-state index contributed by atoms with van der Waals surface area (Å²) < 4.78 is 34.1. The predicted octanol–water partition coefficient (Wildman–Crippen LogP) is -0.188. The minimum Gasteiger partial charge on any atom is -0.759 e.